The Labute approximate surface area is 218 Å². The molecule has 0 aromatic heterocycles. The first-order chi connectivity index (χ1) is 17.9. The summed E-state index contributed by atoms with van der Waals surface area (Å²) in [5.74, 6) is 1.56. The van der Waals surface area contributed by atoms with Crippen LogP contribution < -0.4 is 14.4 Å². The Morgan fingerprint density at radius 2 is 1.73 bits per heavy atom. The monoisotopic (exact) mass is 493 g/mol. The third-order valence-corrected chi connectivity index (χ3v) is 6.68. The standard InChI is InChI=1S/C32H31NO4/c1-32(2)17-16-25-12-15-27(29(36-3)30(25)37-32)20-33(31(35)26-13-14-26)28-9-5-7-23(19-28)11-10-22-6-4-8-24(18-22)21-34/h4-12,15-19,21,26H,13-14,20H2,1-3H3/b11-10+. The number of aldehydes is 1. The minimum atomic E-state index is -0.436. The highest BCUT2D eigenvalue weighted by atomic mass is 16.5. The zero-order valence-electron chi connectivity index (χ0n) is 21.4. The highest BCUT2D eigenvalue weighted by molar-refractivity contribution is 5.97. The molecule has 1 aliphatic carbocycles. The minimum Gasteiger partial charge on any atom is -0.492 e. The molecule has 0 atom stereocenters. The first kappa shape index (κ1) is 24.6. The molecule has 37 heavy (non-hydrogen) atoms. The summed E-state index contributed by atoms with van der Waals surface area (Å²) >= 11 is 0. The van der Waals surface area contributed by atoms with E-state index in [0.29, 0.717) is 23.6 Å². The van der Waals surface area contributed by atoms with Crippen LogP contribution in [0.25, 0.3) is 18.2 Å². The van der Waals surface area contributed by atoms with Gasteiger partial charge in [-0.3, -0.25) is 9.59 Å². The second-order valence-corrected chi connectivity index (χ2v) is 10.1. The lowest BCUT2D eigenvalue weighted by Gasteiger charge is -2.31. The molecule has 3 aromatic rings. The van der Waals surface area contributed by atoms with Crippen LogP contribution in [0.5, 0.6) is 11.5 Å². The molecule has 0 bridgehead atoms. The van der Waals surface area contributed by atoms with Gasteiger partial charge in [0.15, 0.2) is 11.5 Å². The maximum Gasteiger partial charge on any atom is 0.230 e. The summed E-state index contributed by atoms with van der Waals surface area (Å²) in [4.78, 5) is 26.4. The average molecular weight is 494 g/mol. The number of anilines is 1. The summed E-state index contributed by atoms with van der Waals surface area (Å²) in [5.41, 5.74) is 4.81. The van der Waals surface area contributed by atoms with Gasteiger partial charge < -0.3 is 14.4 Å². The van der Waals surface area contributed by atoms with Crippen LogP contribution in [0, 0.1) is 5.92 Å². The first-order valence-corrected chi connectivity index (χ1v) is 12.6. The normalized spacial score (nSPS) is 15.6. The third kappa shape index (κ3) is 5.51. The Hall–Kier alpha value is -4.12. The predicted octanol–water partition coefficient (Wildman–Crippen LogP) is 6.81. The van der Waals surface area contributed by atoms with Crippen molar-refractivity contribution in [3.8, 4) is 11.5 Å². The molecule has 0 unspecified atom stereocenters. The summed E-state index contributed by atoms with van der Waals surface area (Å²) < 4.78 is 12.1. The minimum absolute atomic E-state index is 0.0621. The number of hydrogen-bond donors (Lipinski definition) is 0. The maximum absolute atomic E-state index is 13.5. The molecule has 1 fully saturated rings. The Morgan fingerprint density at radius 1 is 1.03 bits per heavy atom. The lowest BCUT2D eigenvalue weighted by Crippen LogP contribution is -2.32. The quantitative estimate of drug-likeness (QED) is 0.256. The van der Waals surface area contributed by atoms with Crippen LogP contribution >= 0.6 is 0 Å². The lowest BCUT2D eigenvalue weighted by molar-refractivity contribution is -0.119. The van der Waals surface area contributed by atoms with E-state index >= 15 is 0 Å². The van der Waals surface area contributed by atoms with Crippen LogP contribution in [0.15, 0.2) is 66.7 Å². The molecular weight excluding hydrogens is 462 g/mol. The fourth-order valence-corrected chi connectivity index (χ4v) is 4.53. The van der Waals surface area contributed by atoms with Crippen molar-refractivity contribution in [2.75, 3.05) is 12.0 Å². The molecule has 1 aliphatic heterocycles. The van der Waals surface area contributed by atoms with Crippen LogP contribution in [0.4, 0.5) is 5.69 Å². The number of hydrogen-bond acceptors (Lipinski definition) is 4. The van der Waals surface area contributed by atoms with Gasteiger partial charge >= 0.3 is 0 Å². The summed E-state index contributed by atoms with van der Waals surface area (Å²) in [6.45, 7) is 4.40. The number of amides is 1. The lowest BCUT2D eigenvalue weighted by atomic mass is 9.99. The van der Waals surface area contributed by atoms with Gasteiger partial charge in [0.1, 0.15) is 11.9 Å². The number of methoxy groups -OCH3 is 1. The SMILES string of the molecule is COc1c(CN(C(=O)C2CC2)c2cccc(/C=C/c3cccc(C=O)c3)c2)ccc2c1OC(C)(C)C=C2. The highest BCUT2D eigenvalue weighted by Crippen LogP contribution is 2.42. The summed E-state index contributed by atoms with van der Waals surface area (Å²) in [7, 11) is 1.64. The van der Waals surface area contributed by atoms with Crippen molar-refractivity contribution < 1.29 is 19.1 Å². The zero-order valence-corrected chi connectivity index (χ0v) is 21.4. The van der Waals surface area contributed by atoms with Gasteiger partial charge in [0.25, 0.3) is 0 Å². The van der Waals surface area contributed by atoms with Crippen LogP contribution in [0.1, 0.15) is 59.3 Å². The molecule has 1 amide bonds. The van der Waals surface area contributed by atoms with Crippen molar-refractivity contribution in [1.29, 1.82) is 0 Å². The number of rotatable bonds is 8. The summed E-state index contributed by atoms with van der Waals surface area (Å²) in [6.07, 6.45) is 10.7. The highest BCUT2D eigenvalue weighted by Gasteiger charge is 2.35. The predicted molar refractivity (Wildman–Crippen MR) is 148 cm³/mol. The number of carbonyl (C=O) groups excluding carboxylic acids is 2. The molecule has 2 aliphatic rings. The van der Waals surface area contributed by atoms with E-state index in [-0.39, 0.29) is 11.8 Å². The Morgan fingerprint density at radius 3 is 2.43 bits per heavy atom. The Kier molecular flexibility index (Phi) is 6.70. The average Bonchev–Trinajstić information content (AvgIpc) is 3.75. The maximum atomic E-state index is 13.5. The van der Waals surface area contributed by atoms with Crippen LogP contribution in [-0.4, -0.2) is 24.9 Å². The number of benzene rings is 3. The third-order valence-electron chi connectivity index (χ3n) is 6.68. The summed E-state index contributed by atoms with van der Waals surface area (Å²) in [5, 5.41) is 0. The topological polar surface area (TPSA) is 55.8 Å². The van der Waals surface area contributed by atoms with E-state index in [1.165, 1.54) is 0 Å². The van der Waals surface area contributed by atoms with E-state index in [4.69, 9.17) is 9.47 Å². The fourth-order valence-electron chi connectivity index (χ4n) is 4.53. The van der Waals surface area contributed by atoms with E-state index in [1.54, 1.807) is 13.2 Å². The van der Waals surface area contributed by atoms with E-state index in [9.17, 15) is 9.59 Å². The van der Waals surface area contributed by atoms with Crippen molar-refractivity contribution in [1.82, 2.24) is 0 Å². The van der Waals surface area contributed by atoms with Crippen LogP contribution in [0.3, 0.4) is 0 Å². The zero-order chi connectivity index (χ0) is 26.0. The van der Waals surface area contributed by atoms with Gasteiger partial charge in [-0.2, -0.15) is 0 Å². The largest absolute Gasteiger partial charge is 0.492 e. The van der Waals surface area contributed by atoms with E-state index in [1.807, 2.05) is 91.6 Å². The second kappa shape index (κ2) is 10.1. The molecule has 5 rings (SSSR count). The molecule has 188 valence electrons. The van der Waals surface area contributed by atoms with Crippen LogP contribution in [-0.2, 0) is 11.3 Å². The van der Waals surface area contributed by atoms with Gasteiger partial charge in [-0.05, 0) is 62.1 Å². The Balaban J connectivity index is 1.47. The molecule has 5 nitrogen and oxygen atoms in total. The molecule has 0 radical (unpaired) electrons. The Bertz CT molecular complexity index is 1400. The van der Waals surface area contributed by atoms with E-state index in [0.717, 1.165) is 47.1 Å². The van der Waals surface area contributed by atoms with Gasteiger partial charge in [0, 0.05) is 28.3 Å². The smallest absolute Gasteiger partial charge is 0.230 e. The van der Waals surface area contributed by atoms with Gasteiger partial charge in [-0.15, -0.1) is 0 Å². The van der Waals surface area contributed by atoms with E-state index < -0.39 is 5.60 Å². The molecule has 0 spiro atoms. The number of carbonyl (C=O) groups is 2. The number of fused-ring (bicyclic) bond motifs is 1. The van der Waals surface area contributed by atoms with Crippen molar-refractivity contribution in [3.05, 3.63) is 94.6 Å². The molecule has 1 heterocycles. The molecule has 5 heteroatoms. The molecular formula is C32H31NO4. The molecule has 1 saturated carbocycles. The van der Waals surface area contributed by atoms with Crippen molar-refractivity contribution in [2.24, 2.45) is 5.92 Å². The van der Waals surface area contributed by atoms with Gasteiger partial charge in [-0.1, -0.05) is 60.7 Å². The van der Waals surface area contributed by atoms with Crippen molar-refractivity contribution in [2.45, 2.75) is 38.8 Å². The first-order valence-electron chi connectivity index (χ1n) is 12.6. The molecule has 3 aromatic carbocycles. The molecule has 0 N–H and O–H groups in total. The van der Waals surface area contributed by atoms with Gasteiger partial charge in [0.05, 0.1) is 13.7 Å². The van der Waals surface area contributed by atoms with E-state index in [2.05, 4.69) is 6.08 Å². The fraction of sp³-hybridized carbons (Fsp3) is 0.250. The van der Waals surface area contributed by atoms with Gasteiger partial charge in [0.2, 0.25) is 5.91 Å². The van der Waals surface area contributed by atoms with Crippen molar-refractivity contribution in [3.63, 3.8) is 0 Å². The number of nitrogens with zero attached hydrogens (tertiary/aromatic N) is 1. The van der Waals surface area contributed by atoms with Crippen molar-refractivity contribution >= 4 is 36.1 Å². The molecule has 0 saturated heterocycles. The summed E-state index contributed by atoms with van der Waals surface area (Å²) in [6, 6.07) is 19.4. The van der Waals surface area contributed by atoms with Gasteiger partial charge in [-0.25, -0.2) is 0 Å². The van der Waals surface area contributed by atoms with Crippen LogP contribution in [0.2, 0.25) is 0 Å². The second-order valence-electron chi connectivity index (χ2n) is 10.1. The number of ether oxygens (including phenoxy) is 2.